The first kappa shape index (κ1) is 17.4. The molecule has 1 aliphatic heterocycles. The third-order valence-electron chi connectivity index (χ3n) is 4.27. The second kappa shape index (κ2) is 6.60. The van der Waals surface area contributed by atoms with Crippen molar-refractivity contribution in [2.24, 2.45) is 0 Å². The third kappa shape index (κ3) is 3.08. The molecule has 0 aliphatic carbocycles. The Morgan fingerprint density at radius 2 is 2.14 bits per heavy atom. The number of amides is 1. The van der Waals surface area contributed by atoms with E-state index in [1.54, 1.807) is 30.3 Å². The molecule has 0 radical (unpaired) electrons. The van der Waals surface area contributed by atoms with Gasteiger partial charge in [-0.3, -0.25) is 14.3 Å². The van der Waals surface area contributed by atoms with Crippen molar-refractivity contribution < 1.29 is 14.4 Å². The maximum Gasteiger partial charge on any atom is 0.439 e. The first-order valence-electron chi connectivity index (χ1n) is 8.20. The Hall–Kier alpha value is -4.04. The van der Waals surface area contributed by atoms with E-state index >= 15 is 0 Å². The number of nitriles is 1. The van der Waals surface area contributed by atoms with Crippen molar-refractivity contribution in [2.45, 2.75) is 12.0 Å². The average molecular weight is 379 g/mol. The molecule has 1 saturated heterocycles. The van der Waals surface area contributed by atoms with Crippen molar-refractivity contribution in [1.29, 1.82) is 5.26 Å². The van der Waals surface area contributed by atoms with Crippen LogP contribution in [0.1, 0.15) is 6.42 Å². The van der Waals surface area contributed by atoms with E-state index in [9.17, 15) is 14.7 Å². The Bertz CT molecular complexity index is 1130. The molecule has 4 heterocycles. The molecule has 0 aromatic carbocycles. The van der Waals surface area contributed by atoms with Crippen LogP contribution in [0.3, 0.4) is 0 Å². The standard InChI is InChI=1S/C17H13N7O4/c18-9-17(27)4-6-24(15(17)25)11-3-5-19-13(7-11)21-12-2-1-10(8-20-12)14-22-16(26)28-23-14/h1-3,5,7-8,27H,4,6H2,(H,19,20,21)(H,22,23,26)/t17-/m0/s1. The van der Waals surface area contributed by atoms with Gasteiger partial charge in [0.2, 0.25) is 5.60 Å². The second-order valence-electron chi connectivity index (χ2n) is 6.08. The molecule has 0 spiro atoms. The highest BCUT2D eigenvalue weighted by molar-refractivity contribution is 6.03. The normalized spacial score (nSPS) is 18.9. The van der Waals surface area contributed by atoms with Gasteiger partial charge in [-0.15, -0.1) is 0 Å². The van der Waals surface area contributed by atoms with Crippen LogP contribution in [0, 0.1) is 11.3 Å². The lowest BCUT2D eigenvalue weighted by atomic mass is 10.1. The summed E-state index contributed by atoms with van der Waals surface area (Å²) in [5, 5.41) is 25.6. The van der Waals surface area contributed by atoms with E-state index in [4.69, 9.17) is 5.26 Å². The molecule has 1 amide bonds. The van der Waals surface area contributed by atoms with Crippen LogP contribution in [0.2, 0.25) is 0 Å². The fraction of sp³-hybridized carbons (Fsp3) is 0.176. The largest absolute Gasteiger partial charge is 0.439 e. The number of aromatic amines is 1. The number of carbonyl (C=O) groups excluding carboxylic acids is 1. The lowest BCUT2D eigenvalue weighted by Crippen LogP contribution is -2.38. The monoisotopic (exact) mass is 379 g/mol. The number of nitrogens with one attached hydrogen (secondary N) is 2. The molecular weight excluding hydrogens is 366 g/mol. The zero-order valence-corrected chi connectivity index (χ0v) is 14.3. The van der Waals surface area contributed by atoms with Gasteiger partial charge in [-0.05, 0) is 18.2 Å². The molecule has 4 rings (SSSR count). The van der Waals surface area contributed by atoms with Gasteiger partial charge in [-0.1, -0.05) is 5.16 Å². The van der Waals surface area contributed by atoms with E-state index in [1.165, 1.54) is 17.3 Å². The molecular formula is C17H13N7O4. The molecule has 3 aromatic rings. The van der Waals surface area contributed by atoms with Gasteiger partial charge in [-0.2, -0.15) is 5.26 Å². The highest BCUT2D eigenvalue weighted by atomic mass is 16.5. The third-order valence-corrected chi connectivity index (χ3v) is 4.27. The Labute approximate surface area is 157 Å². The smallest absolute Gasteiger partial charge is 0.368 e. The van der Waals surface area contributed by atoms with Gasteiger partial charge in [-0.25, -0.2) is 14.8 Å². The van der Waals surface area contributed by atoms with Crippen LogP contribution < -0.4 is 16.0 Å². The van der Waals surface area contributed by atoms with Gasteiger partial charge in [0, 0.05) is 42.7 Å². The molecule has 1 atom stereocenters. The van der Waals surface area contributed by atoms with E-state index in [0.29, 0.717) is 22.9 Å². The number of pyridine rings is 2. The van der Waals surface area contributed by atoms with Gasteiger partial charge >= 0.3 is 5.76 Å². The summed E-state index contributed by atoms with van der Waals surface area (Å²) in [5.41, 5.74) is -0.918. The van der Waals surface area contributed by atoms with Crippen molar-refractivity contribution in [3.05, 3.63) is 47.2 Å². The number of aliphatic hydroxyl groups is 1. The number of aromatic nitrogens is 4. The van der Waals surface area contributed by atoms with Crippen LogP contribution in [0.5, 0.6) is 0 Å². The van der Waals surface area contributed by atoms with Gasteiger partial charge in [0.25, 0.3) is 5.91 Å². The number of nitrogens with zero attached hydrogens (tertiary/aromatic N) is 5. The Morgan fingerprint density at radius 3 is 2.79 bits per heavy atom. The zero-order valence-electron chi connectivity index (χ0n) is 14.3. The molecule has 140 valence electrons. The van der Waals surface area contributed by atoms with Crippen LogP contribution in [0.4, 0.5) is 17.3 Å². The van der Waals surface area contributed by atoms with Crippen molar-refractivity contribution in [3.63, 3.8) is 0 Å². The lowest BCUT2D eigenvalue weighted by Gasteiger charge is -2.18. The molecule has 0 unspecified atom stereocenters. The number of anilines is 3. The minimum absolute atomic E-state index is 0.0422. The number of hydrogen-bond acceptors (Lipinski definition) is 9. The van der Waals surface area contributed by atoms with Crippen LogP contribution in [-0.2, 0) is 4.79 Å². The summed E-state index contributed by atoms with van der Waals surface area (Å²) in [6, 6.07) is 8.23. The quantitative estimate of drug-likeness (QED) is 0.550. The molecule has 3 N–H and O–H groups in total. The summed E-state index contributed by atoms with van der Waals surface area (Å²) in [6.07, 6.45) is 3.04. The van der Waals surface area contributed by atoms with E-state index in [-0.39, 0.29) is 18.8 Å². The highest BCUT2D eigenvalue weighted by Crippen LogP contribution is 2.29. The first-order chi connectivity index (χ1) is 13.5. The van der Waals surface area contributed by atoms with E-state index in [0.717, 1.165) is 0 Å². The first-order valence-corrected chi connectivity index (χ1v) is 8.20. The molecule has 1 aliphatic rings. The van der Waals surface area contributed by atoms with Crippen LogP contribution in [0.25, 0.3) is 11.4 Å². The van der Waals surface area contributed by atoms with Crippen LogP contribution >= 0.6 is 0 Å². The predicted molar refractivity (Wildman–Crippen MR) is 95.4 cm³/mol. The summed E-state index contributed by atoms with van der Waals surface area (Å²) >= 11 is 0. The van der Waals surface area contributed by atoms with E-state index in [2.05, 4.69) is 29.9 Å². The van der Waals surface area contributed by atoms with Crippen LogP contribution in [-0.4, -0.2) is 43.3 Å². The van der Waals surface area contributed by atoms with Crippen molar-refractivity contribution in [2.75, 3.05) is 16.8 Å². The summed E-state index contributed by atoms with van der Waals surface area (Å²) in [4.78, 5) is 35.4. The van der Waals surface area contributed by atoms with Crippen molar-refractivity contribution >= 4 is 23.2 Å². The highest BCUT2D eigenvalue weighted by Gasteiger charge is 2.46. The van der Waals surface area contributed by atoms with Gasteiger partial charge in [0.05, 0.1) is 0 Å². The number of rotatable bonds is 4. The molecule has 28 heavy (non-hydrogen) atoms. The summed E-state index contributed by atoms with van der Waals surface area (Å²) in [6.45, 7) is 0.231. The maximum absolute atomic E-state index is 12.3. The van der Waals surface area contributed by atoms with Crippen LogP contribution in [0.15, 0.2) is 46.0 Å². The Kier molecular flexibility index (Phi) is 4.10. The van der Waals surface area contributed by atoms with Gasteiger partial charge < -0.3 is 15.3 Å². The van der Waals surface area contributed by atoms with Gasteiger partial charge in [0.15, 0.2) is 5.82 Å². The molecule has 11 heteroatoms. The number of H-pyrrole nitrogens is 1. The molecule has 1 fully saturated rings. The zero-order chi connectivity index (χ0) is 19.7. The minimum atomic E-state index is -1.99. The van der Waals surface area contributed by atoms with Crippen molar-refractivity contribution in [1.82, 2.24) is 20.1 Å². The fourth-order valence-electron chi connectivity index (χ4n) is 2.80. The maximum atomic E-state index is 12.3. The molecule has 0 bridgehead atoms. The topological polar surface area (TPSA) is 161 Å². The van der Waals surface area contributed by atoms with E-state index in [1.807, 2.05) is 0 Å². The number of carbonyl (C=O) groups is 1. The summed E-state index contributed by atoms with van der Waals surface area (Å²) in [7, 11) is 0. The predicted octanol–water partition coefficient (Wildman–Crippen LogP) is 0.555. The van der Waals surface area contributed by atoms with Crippen molar-refractivity contribution in [3.8, 4) is 17.5 Å². The SMILES string of the molecule is N#C[C@@]1(O)CCN(c2ccnc(Nc3ccc(-c4noc(=O)[nH]4)cn3)c2)C1=O. The van der Waals surface area contributed by atoms with E-state index < -0.39 is 17.3 Å². The Morgan fingerprint density at radius 1 is 1.29 bits per heavy atom. The lowest BCUT2D eigenvalue weighted by molar-refractivity contribution is -0.128. The second-order valence-corrected chi connectivity index (χ2v) is 6.08. The molecule has 0 saturated carbocycles. The Balaban J connectivity index is 1.52. The minimum Gasteiger partial charge on any atom is -0.368 e. The summed E-state index contributed by atoms with van der Waals surface area (Å²) < 4.78 is 4.45. The van der Waals surface area contributed by atoms with Gasteiger partial charge in [0.1, 0.15) is 17.7 Å². The molecule has 11 nitrogen and oxygen atoms in total. The summed E-state index contributed by atoms with van der Waals surface area (Å²) in [5.74, 6) is -0.149. The number of hydrogen-bond donors (Lipinski definition) is 3. The fourth-order valence-corrected chi connectivity index (χ4v) is 2.80. The molecule has 3 aromatic heterocycles. The average Bonchev–Trinajstić information content (AvgIpc) is 3.27.